The van der Waals surface area contributed by atoms with Gasteiger partial charge in [-0.15, -0.1) is 0 Å². The fourth-order valence-corrected chi connectivity index (χ4v) is 3.69. The first-order valence-electron chi connectivity index (χ1n) is 12.2. The molecule has 9 heteroatoms. The Labute approximate surface area is 210 Å². The number of aryl methyl sites for hydroxylation is 1. The third-order valence-electron chi connectivity index (χ3n) is 5.34. The zero-order chi connectivity index (χ0) is 25.9. The first kappa shape index (κ1) is 27.3. The van der Waals surface area contributed by atoms with E-state index in [1.165, 1.54) is 41.3 Å². The predicted octanol–water partition coefficient (Wildman–Crippen LogP) is 4.56. The molecule has 1 N–H and O–H groups in total. The lowest BCUT2D eigenvalue weighted by Crippen LogP contribution is -2.39. The van der Waals surface area contributed by atoms with Crippen LogP contribution in [0.25, 0.3) is 5.69 Å². The second-order valence-electron chi connectivity index (χ2n) is 8.49. The van der Waals surface area contributed by atoms with Crippen molar-refractivity contribution < 1.29 is 18.3 Å². The molecule has 2 heterocycles. The van der Waals surface area contributed by atoms with Crippen LogP contribution in [0.1, 0.15) is 31.8 Å². The third-order valence-corrected chi connectivity index (χ3v) is 5.34. The topological polar surface area (TPSA) is 68.6 Å². The first-order valence-corrected chi connectivity index (χ1v) is 12.2. The zero-order valence-corrected chi connectivity index (χ0v) is 21.1. The van der Waals surface area contributed by atoms with Crippen molar-refractivity contribution in [3.63, 3.8) is 0 Å². The summed E-state index contributed by atoms with van der Waals surface area (Å²) >= 11 is 0. The molecule has 0 aliphatic carbocycles. The van der Waals surface area contributed by atoms with Crippen molar-refractivity contribution in [3.8, 4) is 11.4 Å². The molecule has 1 saturated heterocycles. The molecule has 0 amide bonds. The minimum Gasteiger partial charge on any atom is -0.486 e. The number of halogens is 2. The normalized spacial score (nSPS) is 13.6. The Bertz CT molecular complexity index is 1180. The Hall–Kier alpha value is -3.30. The molecule has 36 heavy (non-hydrogen) atoms. The molecule has 0 spiro atoms. The van der Waals surface area contributed by atoms with E-state index in [-0.39, 0.29) is 18.0 Å². The molecular formula is C27H34F2N4O3. The maximum absolute atomic E-state index is 14.8. The average molecular weight is 501 g/mol. The van der Waals surface area contributed by atoms with Crippen LogP contribution in [0.3, 0.4) is 0 Å². The Kier molecular flexibility index (Phi) is 10.4. The molecule has 1 aromatic heterocycles. The van der Waals surface area contributed by atoms with Gasteiger partial charge in [0.1, 0.15) is 24.0 Å². The van der Waals surface area contributed by atoms with E-state index in [0.29, 0.717) is 42.6 Å². The van der Waals surface area contributed by atoms with E-state index in [1.807, 2.05) is 0 Å². The Morgan fingerprint density at radius 2 is 1.83 bits per heavy atom. The highest BCUT2D eigenvalue weighted by atomic mass is 19.1. The molecule has 1 fully saturated rings. The van der Waals surface area contributed by atoms with Crippen molar-refractivity contribution in [1.29, 1.82) is 0 Å². The molecule has 194 valence electrons. The monoisotopic (exact) mass is 500 g/mol. The molecule has 2 aromatic carbocycles. The van der Waals surface area contributed by atoms with Gasteiger partial charge in [-0.3, -0.25) is 14.3 Å². The van der Waals surface area contributed by atoms with Crippen LogP contribution in [0.4, 0.5) is 14.5 Å². The summed E-state index contributed by atoms with van der Waals surface area (Å²) in [4.78, 5) is 19.4. The highest BCUT2D eigenvalue weighted by Gasteiger charge is 2.14. The van der Waals surface area contributed by atoms with Gasteiger partial charge in [0.05, 0.1) is 24.6 Å². The molecular weight excluding hydrogens is 466 g/mol. The summed E-state index contributed by atoms with van der Waals surface area (Å²) in [6, 6.07) is 11.6. The number of aromatic nitrogens is 2. The van der Waals surface area contributed by atoms with Gasteiger partial charge < -0.3 is 14.8 Å². The van der Waals surface area contributed by atoms with Crippen molar-refractivity contribution in [1.82, 2.24) is 14.5 Å². The van der Waals surface area contributed by atoms with Gasteiger partial charge in [-0.05, 0) is 31.2 Å². The van der Waals surface area contributed by atoms with E-state index in [1.54, 1.807) is 25.1 Å². The molecule has 7 nitrogen and oxygen atoms in total. The van der Waals surface area contributed by atoms with Gasteiger partial charge in [0.15, 0.2) is 5.82 Å². The summed E-state index contributed by atoms with van der Waals surface area (Å²) in [5.74, 6) is -0.306. The number of nitrogens with zero attached hydrogens (tertiary/aromatic N) is 3. The highest BCUT2D eigenvalue weighted by molar-refractivity contribution is 5.50. The van der Waals surface area contributed by atoms with Gasteiger partial charge >= 0.3 is 0 Å². The Morgan fingerprint density at radius 1 is 1.08 bits per heavy atom. The summed E-state index contributed by atoms with van der Waals surface area (Å²) in [5.41, 5.74) is 0.850. The van der Waals surface area contributed by atoms with Crippen LogP contribution in [-0.4, -0.2) is 53.8 Å². The molecule has 0 unspecified atom stereocenters. The zero-order valence-electron chi connectivity index (χ0n) is 21.1. The van der Waals surface area contributed by atoms with Crippen molar-refractivity contribution in [2.24, 2.45) is 0 Å². The van der Waals surface area contributed by atoms with E-state index < -0.39 is 11.6 Å². The van der Waals surface area contributed by atoms with Crippen molar-refractivity contribution in [2.75, 3.05) is 44.7 Å². The Morgan fingerprint density at radius 3 is 2.53 bits per heavy atom. The number of ether oxygens (including phenoxy) is 2. The van der Waals surface area contributed by atoms with E-state index in [4.69, 9.17) is 9.47 Å². The van der Waals surface area contributed by atoms with Gasteiger partial charge in [-0.1, -0.05) is 26.3 Å². The summed E-state index contributed by atoms with van der Waals surface area (Å²) in [5, 5.41) is 3.11. The second kappa shape index (κ2) is 13.7. The van der Waals surface area contributed by atoms with Crippen molar-refractivity contribution >= 4 is 5.69 Å². The SMILES string of the molecule is CCC.Cc1cc(=O)n(-c2ccc(NCCN3CCOCC3)c(F)c2)c(COc2cccc(F)c2)n1. The fraction of sp³-hybridized carbons (Fsp3) is 0.407. The largest absolute Gasteiger partial charge is 0.486 e. The third kappa shape index (κ3) is 7.86. The summed E-state index contributed by atoms with van der Waals surface area (Å²) in [7, 11) is 0. The van der Waals surface area contributed by atoms with Crippen LogP contribution in [0.2, 0.25) is 0 Å². The lowest BCUT2D eigenvalue weighted by molar-refractivity contribution is 0.0398. The maximum atomic E-state index is 14.8. The maximum Gasteiger partial charge on any atom is 0.258 e. The van der Waals surface area contributed by atoms with E-state index in [2.05, 4.69) is 29.0 Å². The molecule has 0 bridgehead atoms. The lowest BCUT2D eigenvalue weighted by atomic mass is 10.2. The number of morpholine rings is 1. The van der Waals surface area contributed by atoms with Crippen LogP contribution >= 0.6 is 0 Å². The number of rotatable bonds is 8. The van der Waals surface area contributed by atoms with Gasteiger partial charge in [0.25, 0.3) is 5.56 Å². The highest BCUT2D eigenvalue weighted by Crippen LogP contribution is 2.20. The first-order chi connectivity index (χ1) is 17.4. The van der Waals surface area contributed by atoms with Crippen LogP contribution in [0.15, 0.2) is 53.3 Å². The van der Waals surface area contributed by atoms with Gasteiger partial charge in [-0.2, -0.15) is 0 Å². The number of benzene rings is 2. The molecule has 0 atom stereocenters. The van der Waals surface area contributed by atoms with Crippen LogP contribution in [-0.2, 0) is 11.3 Å². The Balaban J connectivity index is 0.00000115. The predicted molar refractivity (Wildman–Crippen MR) is 137 cm³/mol. The molecule has 1 aliphatic heterocycles. The van der Waals surface area contributed by atoms with Gasteiger partial charge in [0, 0.05) is 50.1 Å². The second-order valence-corrected chi connectivity index (χ2v) is 8.49. The number of anilines is 1. The van der Waals surface area contributed by atoms with Crippen molar-refractivity contribution in [2.45, 2.75) is 33.8 Å². The molecule has 4 rings (SSSR count). The molecule has 0 saturated carbocycles. The van der Waals surface area contributed by atoms with E-state index in [0.717, 1.165) is 19.6 Å². The minimum absolute atomic E-state index is 0.0818. The summed E-state index contributed by atoms with van der Waals surface area (Å²) in [6.45, 7) is 10.4. The lowest BCUT2D eigenvalue weighted by Gasteiger charge is -2.26. The van der Waals surface area contributed by atoms with E-state index in [9.17, 15) is 13.6 Å². The fourth-order valence-electron chi connectivity index (χ4n) is 3.69. The number of nitrogens with one attached hydrogen (secondary N) is 1. The van der Waals surface area contributed by atoms with Crippen LogP contribution in [0, 0.1) is 18.6 Å². The van der Waals surface area contributed by atoms with Gasteiger partial charge in [-0.25, -0.2) is 13.8 Å². The molecule has 0 radical (unpaired) electrons. The molecule has 1 aliphatic rings. The van der Waals surface area contributed by atoms with Crippen molar-refractivity contribution in [3.05, 3.63) is 82.0 Å². The van der Waals surface area contributed by atoms with Crippen LogP contribution < -0.4 is 15.6 Å². The average Bonchev–Trinajstić information content (AvgIpc) is 2.85. The smallest absolute Gasteiger partial charge is 0.258 e. The quantitative estimate of drug-likeness (QED) is 0.489. The van der Waals surface area contributed by atoms with Gasteiger partial charge in [0.2, 0.25) is 0 Å². The van der Waals surface area contributed by atoms with Crippen LogP contribution in [0.5, 0.6) is 5.75 Å². The number of hydrogen-bond acceptors (Lipinski definition) is 6. The molecule has 3 aromatic rings. The number of hydrogen-bond donors (Lipinski definition) is 1. The standard InChI is InChI=1S/C24H26F2N4O3.C3H8/c1-17-13-24(31)30(23(28-17)16-33-20-4-2-3-18(25)14-20)19-5-6-22(21(26)15-19)27-7-8-29-9-11-32-12-10-29;1-3-2/h2-6,13-15,27H,7-12,16H2,1H3;3H2,1-2H3. The summed E-state index contributed by atoms with van der Waals surface area (Å²) < 4.78 is 40.5. The minimum atomic E-state index is -0.473. The van der Waals surface area contributed by atoms with E-state index >= 15 is 0 Å². The summed E-state index contributed by atoms with van der Waals surface area (Å²) in [6.07, 6.45) is 1.25.